The van der Waals surface area contributed by atoms with Crippen LogP contribution in [0.5, 0.6) is 0 Å². The third kappa shape index (κ3) is 20.5. The monoisotopic (exact) mass is 658 g/mol. The van der Waals surface area contributed by atoms with Gasteiger partial charge in [0.25, 0.3) is 0 Å². The summed E-state index contributed by atoms with van der Waals surface area (Å²) < 4.78 is 38.2. The van der Waals surface area contributed by atoms with E-state index in [0.717, 1.165) is 31.4 Å². The second-order valence-corrected chi connectivity index (χ2v) is 40.6. The van der Waals surface area contributed by atoms with Crippen molar-refractivity contribution in [2.75, 3.05) is 33.0 Å². The second-order valence-electron chi connectivity index (χ2n) is 15.3. The van der Waals surface area contributed by atoms with Gasteiger partial charge in [-0.3, -0.25) is 0 Å². The molecule has 236 valence electrons. The molecule has 0 aliphatic rings. The maximum Gasteiger partial charge on any atom is 0.311 e. The lowest BCUT2D eigenvalue weighted by molar-refractivity contribution is -0.0529. The van der Waals surface area contributed by atoms with Gasteiger partial charge in [-0.05, 0) is 123 Å². The smallest absolute Gasteiger partial charge is 0.311 e. The summed E-state index contributed by atoms with van der Waals surface area (Å²) in [6, 6.07) is 2.08. The molecule has 1 N–H and O–H groups in total. The Morgan fingerprint density at radius 1 is 0.538 bits per heavy atom. The number of aliphatic hydroxyl groups is 1. The minimum Gasteiger partial charge on any atom is -0.437 e. The SMILES string of the molecule is CCC(CO)(COCCC[Si](C)(C)O[Si](C)(C)O[Si](C)(C)C)COCCC[Si](C)(C)O[Si](C)(C)O[Si](C)(C)C. The summed E-state index contributed by atoms with van der Waals surface area (Å²) in [6.07, 6.45) is 2.74. The van der Waals surface area contributed by atoms with Gasteiger partial charge in [-0.25, -0.2) is 0 Å². The van der Waals surface area contributed by atoms with E-state index in [0.29, 0.717) is 26.4 Å². The quantitative estimate of drug-likeness (QED) is 0.0942. The molecule has 0 rings (SSSR count). The Balaban J connectivity index is 4.52. The molecule has 0 heterocycles. The number of rotatable bonds is 22. The molecule has 0 radical (unpaired) electrons. The number of aliphatic hydroxyl groups excluding tert-OH is 1. The zero-order chi connectivity index (χ0) is 30.8. The Hall–Kier alpha value is 1.02. The van der Waals surface area contributed by atoms with E-state index >= 15 is 0 Å². The van der Waals surface area contributed by atoms with Gasteiger partial charge in [0.2, 0.25) is 0 Å². The normalized spacial score (nSPS) is 14.8. The molecule has 0 bridgehead atoms. The van der Waals surface area contributed by atoms with Crippen molar-refractivity contribution in [3.8, 4) is 0 Å². The molecule has 13 heteroatoms. The Labute approximate surface area is 249 Å². The van der Waals surface area contributed by atoms with Crippen LogP contribution in [0, 0.1) is 5.41 Å². The van der Waals surface area contributed by atoms with Crippen LogP contribution in [0.4, 0.5) is 0 Å². The fraction of sp³-hybridized carbons (Fsp3) is 1.00. The van der Waals surface area contributed by atoms with Crippen molar-refractivity contribution < 1.29 is 31.0 Å². The molecule has 0 aromatic rings. The van der Waals surface area contributed by atoms with E-state index in [1.807, 2.05) is 0 Å². The second kappa shape index (κ2) is 16.2. The number of ether oxygens (including phenoxy) is 2. The van der Waals surface area contributed by atoms with E-state index in [-0.39, 0.29) is 12.0 Å². The first-order valence-corrected chi connectivity index (χ1v) is 33.6. The van der Waals surface area contributed by atoms with Gasteiger partial charge in [-0.1, -0.05) is 6.92 Å². The van der Waals surface area contributed by atoms with Gasteiger partial charge < -0.3 is 31.0 Å². The largest absolute Gasteiger partial charge is 0.437 e. The third-order valence-electron chi connectivity index (χ3n) is 6.19. The van der Waals surface area contributed by atoms with Crippen molar-refractivity contribution in [3.63, 3.8) is 0 Å². The molecule has 0 saturated carbocycles. The highest BCUT2D eigenvalue weighted by atomic mass is 28.5. The highest BCUT2D eigenvalue weighted by molar-refractivity contribution is 6.88. The first-order valence-electron chi connectivity index (χ1n) is 14.9. The highest BCUT2D eigenvalue weighted by Crippen LogP contribution is 2.27. The molecule has 0 saturated heterocycles. The van der Waals surface area contributed by atoms with E-state index < -0.39 is 50.4 Å². The summed E-state index contributed by atoms with van der Waals surface area (Å²) in [4.78, 5) is 0. The fourth-order valence-corrected chi connectivity index (χ4v) is 31.5. The van der Waals surface area contributed by atoms with E-state index in [1.54, 1.807) is 0 Å². The van der Waals surface area contributed by atoms with Crippen LogP contribution in [0.3, 0.4) is 0 Å². The highest BCUT2D eigenvalue weighted by Gasteiger charge is 2.39. The molecule has 0 aliphatic carbocycles. The van der Waals surface area contributed by atoms with Crippen LogP contribution >= 0.6 is 0 Å². The van der Waals surface area contributed by atoms with Gasteiger partial charge in [-0.15, -0.1) is 0 Å². The average molecular weight is 659 g/mol. The minimum atomic E-state index is -2.11. The maximum absolute atomic E-state index is 10.2. The molecular formula is C26H66O7Si6. The van der Waals surface area contributed by atoms with Crippen molar-refractivity contribution in [1.82, 2.24) is 0 Å². The zero-order valence-electron chi connectivity index (χ0n) is 28.5. The lowest BCUT2D eigenvalue weighted by Crippen LogP contribution is -2.51. The van der Waals surface area contributed by atoms with E-state index in [9.17, 15) is 5.11 Å². The molecular weight excluding hydrogens is 593 g/mol. The summed E-state index contributed by atoms with van der Waals surface area (Å²) >= 11 is 0. The predicted molar refractivity (Wildman–Crippen MR) is 181 cm³/mol. The van der Waals surface area contributed by atoms with Gasteiger partial charge in [0, 0.05) is 18.6 Å². The molecule has 39 heavy (non-hydrogen) atoms. The molecule has 0 fully saturated rings. The lowest BCUT2D eigenvalue weighted by Gasteiger charge is -2.37. The topological polar surface area (TPSA) is 75.6 Å². The van der Waals surface area contributed by atoms with E-state index in [1.165, 1.54) is 0 Å². The van der Waals surface area contributed by atoms with Crippen molar-refractivity contribution in [3.05, 3.63) is 0 Å². The molecule has 7 nitrogen and oxygen atoms in total. The van der Waals surface area contributed by atoms with Gasteiger partial charge in [0.15, 0.2) is 33.3 Å². The predicted octanol–water partition coefficient (Wildman–Crippen LogP) is 7.74. The summed E-state index contributed by atoms with van der Waals surface area (Å²) in [7, 11) is -11.1. The van der Waals surface area contributed by atoms with Crippen molar-refractivity contribution in [2.24, 2.45) is 5.41 Å². The Kier molecular flexibility index (Phi) is 16.6. The molecule has 0 spiro atoms. The molecule has 0 aromatic carbocycles. The van der Waals surface area contributed by atoms with Gasteiger partial charge >= 0.3 is 17.1 Å². The third-order valence-corrected chi connectivity index (χ3v) is 26.5. The lowest BCUT2D eigenvalue weighted by atomic mass is 9.88. The molecule has 0 aliphatic heterocycles. The van der Waals surface area contributed by atoms with Crippen LogP contribution in [0.1, 0.15) is 26.2 Å². The van der Waals surface area contributed by atoms with Crippen LogP contribution in [-0.2, 0) is 25.9 Å². The Morgan fingerprint density at radius 3 is 1.13 bits per heavy atom. The van der Waals surface area contributed by atoms with Crippen molar-refractivity contribution in [2.45, 2.75) is 130 Å². The molecule has 0 unspecified atom stereocenters. The number of hydrogen-bond acceptors (Lipinski definition) is 7. The molecule has 0 atom stereocenters. The molecule has 0 amide bonds. The summed E-state index contributed by atoms with van der Waals surface area (Å²) in [5, 5.41) is 10.2. The van der Waals surface area contributed by atoms with Crippen LogP contribution < -0.4 is 0 Å². The van der Waals surface area contributed by atoms with E-state index in [2.05, 4.69) is 98.6 Å². The Bertz CT molecular complexity index is 633. The first kappa shape index (κ1) is 40.0. The Morgan fingerprint density at radius 2 is 0.872 bits per heavy atom. The molecule has 0 aromatic heterocycles. The summed E-state index contributed by atoms with van der Waals surface area (Å²) in [5.41, 5.74) is -0.354. The summed E-state index contributed by atoms with van der Waals surface area (Å²) in [6.45, 7) is 35.7. The van der Waals surface area contributed by atoms with Crippen LogP contribution in [0.15, 0.2) is 0 Å². The first-order chi connectivity index (χ1) is 17.4. The summed E-state index contributed by atoms with van der Waals surface area (Å²) in [5.74, 6) is 0. The van der Waals surface area contributed by atoms with Gasteiger partial charge in [0.05, 0.1) is 19.8 Å². The zero-order valence-corrected chi connectivity index (χ0v) is 34.5. The fourth-order valence-electron chi connectivity index (χ4n) is 5.18. The average Bonchev–Trinajstić information content (AvgIpc) is 2.66. The maximum atomic E-state index is 10.2. The van der Waals surface area contributed by atoms with Gasteiger partial charge in [-0.2, -0.15) is 0 Å². The standard InChI is InChI=1S/C26H66O7Si6/c1-16-26(23-27,24-28-19-17-21-36(8,9)32-38(12,13)30-34(2,3)4)25-29-20-18-22-37(10,11)33-39(14,15)31-35(5,6)7/h27H,16-25H2,1-15H3. The van der Waals surface area contributed by atoms with Crippen LogP contribution in [0.25, 0.3) is 0 Å². The minimum absolute atomic E-state index is 0.0673. The van der Waals surface area contributed by atoms with Crippen LogP contribution in [0.2, 0.25) is 104 Å². The number of hydrogen-bond donors (Lipinski definition) is 1. The van der Waals surface area contributed by atoms with Gasteiger partial charge in [0.1, 0.15) is 0 Å². The van der Waals surface area contributed by atoms with Crippen molar-refractivity contribution in [1.29, 1.82) is 0 Å². The van der Waals surface area contributed by atoms with Crippen LogP contribution in [-0.4, -0.2) is 88.5 Å². The van der Waals surface area contributed by atoms with Crippen molar-refractivity contribution >= 4 is 50.4 Å². The van der Waals surface area contributed by atoms with E-state index in [4.69, 9.17) is 25.9 Å².